The van der Waals surface area contributed by atoms with Crippen molar-refractivity contribution in [1.82, 2.24) is 5.32 Å². The summed E-state index contributed by atoms with van der Waals surface area (Å²) in [5.41, 5.74) is -0.464. The molecule has 1 heterocycles. The molecule has 2 N–H and O–H groups in total. The number of non-ortho nitro benzene ring substituents is 1. The Bertz CT molecular complexity index is 1240. The molecule has 0 aliphatic rings. The van der Waals surface area contributed by atoms with Crippen LogP contribution >= 0.6 is 22.9 Å². The third kappa shape index (κ3) is 5.53. The van der Waals surface area contributed by atoms with E-state index < -0.39 is 27.3 Å². The van der Waals surface area contributed by atoms with E-state index >= 15 is 0 Å². The van der Waals surface area contributed by atoms with E-state index in [0.717, 1.165) is 17.4 Å². The summed E-state index contributed by atoms with van der Waals surface area (Å²) in [5, 5.41) is 28.6. The van der Waals surface area contributed by atoms with E-state index in [0.29, 0.717) is 4.88 Å². The van der Waals surface area contributed by atoms with E-state index in [1.807, 2.05) is 0 Å². The standard InChI is InChI=1S/C20H13ClN4O6S/c21-15-7-6-13(11-17(15)25(30)31)22-19(26)16(23-20(27)18-5-2-8-32-18)10-12-3-1-4-14(9-12)24(28)29/h1-11H,(H,22,26)(H,23,27)/b16-10-. The van der Waals surface area contributed by atoms with Gasteiger partial charge in [-0.3, -0.25) is 29.8 Å². The first-order valence-corrected chi connectivity index (χ1v) is 10.1. The molecule has 3 aromatic rings. The lowest BCUT2D eigenvalue weighted by Crippen LogP contribution is -2.30. The molecule has 0 aliphatic carbocycles. The van der Waals surface area contributed by atoms with Crippen molar-refractivity contribution < 1.29 is 19.4 Å². The second kappa shape index (κ2) is 9.81. The maximum absolute atomic E-state index is 12.9. The molecule has 0 unspecified atom stereocenters. The minimum absolute atomic E-state index is 0.0708. The molecule has 32 heavy (non-hydrogen) atoms. The summed E-state index contributed by atoms with van der Waals surface area (Å²) < 4.78 is 0. The number of benzene rings is 2. The summed E-state index contributed by atoms with van der Waals surface area (Å²) in [6.45, 7) is 0. The van der Waals surface area contributed by atoms with Gasteiger partial charge in [-0.15, -0.1) is 11.3 Å². The predicted molar refractivity (Wildman–Crippen MR) is 120 cm³/mol. The van der Waals surface area contributed by atoms with Crippen molar-refractivity contribution in [2.24, 2.45) is 0 Å². The smallest absolute Gasteiger partial charge is 0.289 e. The summed E-state index contributed by atoms with van der Waals surface area (Å²) in [6.07, 6.45) is 1.26. The van der Waals surface area contributed by atoms with Crippen LogP contribution in [0.25, 0.3) is 6.08 Å². The first-order chi connectivity index (χ1) is 15.2. The zero-order chi connectivity index (χ0) is 23.3. The maximum Gasteiger partial charge on any atom is 0.289 e. The Morgan fingerprint density at radius 3 is 2.44 bits per heavy atom. The molecule has 1 aromatic heterocycles. The fourth-order valence-electron chi connectivity index (χ4n) is 2.57. The van der Waals surface area contributed by atoms with Crippen LogP contribution in [-0.4, -0.2) is 21.7 Å². The van der Waals surface area contributed by atoms with Crippen molar-refractivity contribution in [2.75, 3.05) is 5.32 Å². The Morgan fingerprint density at radius 2 is 1.78 bits per heavy atom. The van der Waals surface area contributed by atoms with Crippen LogP contribution in [0.5, 0.6) is 0 Å². The van der Waals surface area contributed by atoms with Crippen LogP contribution in [0, 0.1) is 20.2 Å². The second-order valence-corrected chi connectivity index (χ2v) is 7.57. The molecular formula is C20H13ClN4O6S. The normalized spacial score (nSPS) is 11.0. The minimum atomic E-state index is -0.793. The number of rotatable bonds is 7. The van der Waals surface area contributed by atoms with Gasteiger partial charge in [0, 0.05) is 23.9 Å². The molecule has 0 bridgehead atoms. The summed E-state index contributed by atoms with van der Waals surface area (Å²) in [6, 6.07) is 12.4. The largest absolute Gasteiger partial charge is 0.320 e. The molecular weight excluding hydrogens is 460 g/mol. The molecule has 162 valence electrons. The lowest BCUT2D eigenvalue weighted by Gasteiger charge is -2.11. The van der Waals surface area contributed by atoms with Crippen LogP contribution in [0.4, 0.5) is 17.1 Å². The van der Waals surface area contributed by atoms with Gasteiger partial charge in [0.05, 0.1) is 14.7 Å². The zero-order valence-electron chi connectivity index (χ0n) is 16.0. The third-order valence-corrected chi connectivity index (χ3v) is 5.22. The van der Waals surface area contributed by atoms with Crippen LogP contribution in [-0.2, 0) is 4.79 Å². The average molecular weight is 473 g/mol. The molecule has 2 aromatic carbocycles. The number of nitrogens with zero attached hydrogens (tertiary/aromatic N) is 2. The summed E-state index contributed by atoms with van der Waals surface area (Å²) in [4.78, 5) is 46.5. The molecule has 0 saturated carbocycles. The van der Waals surface area contributed by atoms with Crippen LogP contribution in [0.15, 0.2) is 65.7 Å². The first kappa shape index (κ1) is 22.6. The lowest BCUT2D eigenvalue weighted by atomic mass is 10.1. The minimum Gasteiger partial charge on any atom is -0.320 e. The highest BCUT2D eigenvalue weighted by molar-refractivity contribution is 7.12. The van der Waals surface area contributed by atoms with Crippen LogP contribution in [0.2, 0.25) is 5.02 Å². The van der Waals surface area contributed by atoms with Gasteiger partial charge in [0.1, 0.15) is 10.7 Å². The van der Waals surface area contributed by atoms with Gasteiger partial charge in [-0.1, -0.05) is 29.8 Å². The first-order valence-electron chi connectivity index (χ1n) is 8.81. The van der Waals surface area contributed by atoms with E-state index in [1.165, 1.54) is 42.5 Å². The van der Waals surface area contributed by atoms with Gasteiger partial charge in [-0.05, 0) is 35.2 Å². The topological polar surface area (TPSA) is 144 Å². The van der Waals surface area contributed by atoms with Crippen molar-refractivity contribution >= 4 is 57.9 Å². The number of nitrogens with one attached hydrogen (secondary N) is 2. The fraction of sp³-hybridized carbons (Fsp3) is 0. The van der Waals surface area contributed by atoms with Crippen molar-refractivity contribution in [2.45, 2.75) is 0 Å². The number of anilines is 1. The van der Waals surface area contributed by atoms with Gasteiger partial charge in [0.25, 0.3) is 23.2 Å². The molecule has 10 nitrogen and oxygen atoms in total. The summed E-state index contributed by atoms with van der Waals surface area (Å²) >= 11 is 6.95. The molecule has 12 heteroatoms. The van der Waals surface area contributed by atoms with Crippen molar-refractivity contribution in [3.63, 3.8) is 0 Å². The molecule has 2 amide bonds. The molecule has 0 atom stereocenters. The molecule has 0 spiro atoms. The van der Waals surface area contributed by atoms with E-state index in [2.05, 4.69) is 10.6 Å². The van der Waals surface area contributed by atoms with Gasteiger partial charge in [-0.2, -0.15) is 0 Å². The molecule has 3 rings (SSSR count). The lowest BCUT2D eigenvalue weighted by molar-refractivity contribution is -0.385. The number of halogens is 1. The van der Waals surface area contributed by atoms with Gasteiger partial charge in [0.2, 0.25) is 0 Å². The SMILES string of the molecule is O=C(Nc1ccc(Cl)c([N+](=O)[O-])c1)/C(=C/c1cccc([N+](=O)[O-])c1)NC(=O)c1cccs1. The Kier molecular flexibility index (Phi) is 6.93. The van der Waals surface area contributed by atoms with Crippen LogP contribution in [0.1, 0.15) is 15.2 Å². The van der Waals surface area contributed by atoms with Gasteiger partial charge >= 0.3 is 0 Å². The van der Waals surface area contributed by atoms with Crippen molar-refractivity contribution in [3.8, 4) is 0 Å². The third-order valence-electron chi connectivity index (χ3n) is 4.03. The molecule has 0 radical (unpaired) electrons. The Hall–Kier alpha value is -4.09. The van der Waals surface area contributed by atoms with E-state index in [1.54, 1.807) is 17.5 Å². The Morgan fingerprint density at radius 1 is 1.00 bits per heavy atom. The van der Waals surface area contributed by atoms with Crippen LogP contribution in [0.3, 0.4) is 0 Å². The quantitative estimate of drug-likeness (QED) is 0.291. The molecule has 0 fully saturated rings. The Labute approximate surface area is 189 Å². The molecule has 0 aliphatic heterocycles. The van der Waals surface area contributed by atoms with Crippen molar-refractivity contribution in [1.29, 1.82) is 0 Å². The van der Waals surface area contributed by atoms with E-state index in [9.17, 15) is 29.8 Å². The summed E-state index contributed by atoms with van der Waals surface area (Å²) in [5.74, 6) is -1.35. The zero-order valence-corrected chi connectivity index (χ0v) is 17.6. The Balaban J connectivity index is 1.94. The predicted octanol–water partition coefficient (Wildman–Crippen LogP) is 4.63. The number of carbonyl (C=O) groups is 2. The van der Waals surface area contributed by atoms with Gasteiger partial charge in [0.15, 0.2) is 0 Å². The number of carbonyl (C=O) groups excluding carboxylic acids is 2. The van der Waals surface area contributed by atoms with Gasteiger partial charge < -0.3 is 10.6 Å². The number of nitro benzene ring substituents is 2. The number of nitro groups is 2. The number of hydrogen-bond donors (Lipinski definition) is 2. The maximum atomic E-state index is 12.9. The molecule has 0 saturated heterocycles. The van der Waals surface area contributed by atoms with Gasteiger partial charge in [-0.25, -0.2) is 0 Å². The number of thiophene rings is 1. The fourth-order valence-corrected chi connectivity index (χ4v) is 3.38. The highest BCUT2D eigenvalue weighted by atomic mass is 35.5. The van der Waals surface area contributed by atoms with E-state index in [-0.39, 0.29) is 27.7 Å². The van der Waals surface area contributed by atoms with E-state index in [4.69, 9.17) is 11.6 Å². The number of hydrogen-bond acceptors (Lipinski definition) is 7. The highest BCUT2D eigenvalue weighted by Gasteiger charge is 2.18. The summed E-state index contributed by atoms with van der Waals surface area (Å²) in [7, 11) is 0. The monoisotopic (exact) mass is 472 g/mol. The van der Waals surface area contributed by atoms with Crippen molar-refractivity contribution in [3.05, 3.63) is 101 Å². The number of amides is 2. The van der Waals surface area contributed by atoms with Crippen LogP contribution < -0.4 is 10.6 Å². The second-order valence-electron chi connectivity index (χ2n) is 6.22. The average Bonchev–Trinajstić information content (AvgIpc) is 3.29. The highest BCUT2D eigenvalue weighted by Crippen LogP contribution is 2.27.